The fourth-order valence-electron chi connectivity index (χ4n) is 2.46. The Balaban J connectivity index is 1.68. The number of benzene rings is 2. The molecule has 2 heterocycles. The lowest BCUT2D eigenvalue weighted by Gasteiger charge is -2.10. The van der Waals surface area contributed by atoms with Gasteiger partial charge in [-0.05, 0) is 42.0 Å². The third-order valence-corrected chi connectivity index (χ3v) is 4.78. The second-order valence-corrected chi connectivity index (χ2v) is 6.77. The van der Waals surface area contributed by atoms with E-state index < -0.39 is 0 Å². The van der Waals surface area contributed by atoms with Crippen molar-refractivity contribution in [3.8, 4) is 0 Å². The Morgan fingerprint density at radius 3 is 2.79 bits per heavy atom. The predicted molar refractivity (Wildman–Crippen MR) is 109 cm³/mol. The molecule has 1 amide bonds. The number of hydrazone groups is 1. The van der Waals surface area contributed by atoms with Crippen LogP contribution in [0.3, 0.4) is 0 Å². The number of carbonyl (C=O) groups is 1. The van der Waals surface area contributed by atoms with Gasteiger partial charge in [0.25, 0.3) is 5.91 Å². The van der Waals surface area contributed by atoms with Gasteiger partial charge in [0, 0.05) is 6.08 Å². The predicted octanol–water partition coefficient (Wildman–Crippen LogP) is 5.11. The Morgan fingerprint density at radius 1 is 1.14 bits per heavy atom. The summed E-state index contributed by atoms with van der Waals surface area (Å²) >= 11 is 1.18. The van der Waals surface area contributed by atoms with Crippen molar-refractivity contribution < 1.29 is 13.6 Å². The maximum absolute atomic E-state index is 13.5. The van der Waals surface area contributed by atoms with E-state index in [-0.39, 0.29) is 11.7 Å². The quantitative estimate of drug-likeness (QED) is 0.270. The summed E-state index contributed by atoms with van der Waals surface area (Å²) in [5, 5.41) is 5.74. The van der Waals surface area contributed by atoms with E-state index in [0.29, 0.717) is 21.1 Å². The molecular weight excluding hydrogens is 377 g/mol. The zero-order chi connectivity index (χ0) is 19.3. The van der Waals surface area contributed by atoms with Gasteiger partial charge < -0.3 is 4.42 Å². The largest absolute Gasteiger partial charge is 0.463 e. The minimum Gasteiger partial charge on any atom is -0.463 e. The van der Waals surface area contributed by atoms with E-state index in [1.807, 2.05) is 30.3 Å². The van der Waals surface area contributed by atoms with Gasteiger partial charge >= 0.3 is 0 Å². The molecule has 4 rings (SSSR count). The first-order chi connectivity index (χ1) is 13.7. The van der Waals surface area contributed by atoms with Crippen LogP contribution in [-0.2, 0) is 4.79 Å². The van der Waals surface area contributed by atoms with E-state index >= 15 is 0 Å². The van der Waals surface area contributed by atoms with E-state index in [1.165, 1.54) is 47.0 Å². The number of carbonyl (C=O) groups excluding carboxylic acids is 1. The summed E-state index contributed by atoms with van der Waals surface area (Å²) in [4.78, 5) is 17.2. The SMILES string of the molecule is O=C(/C=C/c1ccccc1)N(/N=C\c1ccco1)c1nc2ccc(F)cc2s1. The number of aromatic nitrogens is 1. The van der Waals surface area contributed by atoms with Gasteiger partial charge in [0.1, 0.15) is 11.6 Å². The molecule has 0 N–H and O–H groups in total. The highest BCUT2D eigenvalue weighted by atomic mass is 32.1. The molecule has 0 unspecified atom stereocenters. The van der Waals surface area contributed by atoms with Crippen molar-refractivity contribution >= 4 is 44.9 Å². The van der Waals surface area contributed by atoms with Gasteiger partial charge in [-0.3, -0.25) is 4.79 Å². The third-order valence-electron chi connectivity index (χ3n) is 3.79. The number of furan rings is 1. The lowest BCUT2D eigenvalue weighted by molar-refractivity contribution is -0.114. The molecule has 0 spiro atoms. The first-order valence-electron chi connectivity index (χ1n) is 8.40. The number of fused-ring (bicyclic) bond motifs is 1. The van der Waals surface area contributed by atoms with Crippen LogP contribution in [0, 0.1) is 5.82 Å². The third kappa shape index (κ3) is 4.05. The number of hydrogen-bond acceptors (Lipinski definition) is 5. The van der Waals surface area contributed by atoms with E-state index in [4.69, 9.17) is 4.42 Å². The summed E-state index contributed by atoms with van der Waals surface area (Å²) in [6.07, 6.45) is 6.07. The molecule has 0 atom stereocenters. The van der Waals surface area contributed by atoms with Gasteiger partial charge in [0.15, 0.2) is 0 Å². The van der Waals surface area contributed by atoms with Crippen molar-refractivity contribution in [1.82, 2.24) is 4.98 Å². The molecule has 0 bridgehead atoms. The highest BCUT2D eigenvalue weighted by molar-refractivity contribution is 7.22. The van der Waals surface area contributed by atoms with Crippen LogP contribution in [0.2, 0.25) is 0 Å². The number of anilines is 1. The summed E-state index contributed by atoms with van der Waals surface area (Å²) in [6.45, 7) is 0. The van der Waals surface area contributed by atoms with Crippen molar-refractivity contribution in [3.63, 3.8) is 0 Å². The summed E-state index contributed by atoms with van der Waals surface area (Å²) in [5.74, 6) is -0.244. The maximum atomic E-state index is 13.5. The molecule has 0 fully saturated rings. The molecule has 7 heteroatoms. The fraction of sp³-hybridized carbons (Fsp3) is 0. The molecule has 0 aliphatic heterocycles. The first-order valence-corrected chi connectivity index (χ1v) is 9.21. The second kappa shape index (κ2) is 7.98. The average Bonchev–Trinajstić information content (AvgIpc) is 3.37. The minimum absolute atomic E-state index is 0.339. The normalized spacial score (nSPS) is 11.6. The lowest BCUT2D eigenvalue weighted by atomic mass is 10.2. The molecule has 0 saturated heterocycles. The van der Waals surface area contributed by atoms with Crippen LogP contribution < -0.4 is 5.01 Å². The molecule has 0 radical (unpaired) electrons. The molecule has 0 aliphatic rings. The Labute approximate surface area is 164 Å². The molecule has 2 aromatic heterocycles. The van der Waals surface area contributed by atoms with E-state index in [0.717, 1.165) is 5.56 Å². The van der Waals surface area contributed by atoms with Crippen molar-refractivity contribution in [3.05, 3.63) is 90.1 Å². The van der Waals surface area contributed by atoms with Crippen LogP contribution in [0.15, 0.2) is 82.5 Å². The Morgan fingerprint density at radius 2 is 2.00 bits per heavy atom. The summed E-state index contributed by atoms with van der Waals surface area (Å²) < 4.78 is 19.4. The van der Waals surface area contributed by atoms with Crippen molar-refractivity contribution in [2.75, 3.05) is 5.01 Å². The van der Waals surface area contributed by atoms with Crippen molar-refractivity contribution in [2.45, 2.75) is 0 Å². The lowest BCUT2D eigenvalue weighted by Crippen LogP contribution is -2.23. The van der Waals surface area contributed by atoms with Gasteiger partial charge in [0.2, 0.25) is 5.13 Å². The highest BCUT2D eigenvalue weighted by Crippen LogP contribution is 2.30. The van der Waals surface area contributed by atoms with Crippen LogP contribution in [0.4, 0.5) is 9.52 Å². The number of hydrogen-bond donors (Lipinski definition) is 0. The molecular formula is C21H14FN3O2S. The van der Waals surface area contributed by atoms with Gasteiger partial charge in [-0.2, -0.15) is 10.1 Å². The molecule has 5 nitrogen and oxygen atoms in total. The number of nitrogens with zero attached hydrogens (tertiary/aromatic N) is 3. The monoisotopic (exact) mass is 391 g/mol. The van der Waals surface area contributed by atoms with Crippen LogP contribution in [0.1, 0.15) is 11.3 Å². The number of thiazole rings is 1. The van der Waals surface area contributed by atoms with Gasteiger partial charge in [0.05, 0.1) is 22.7 Å². The van der Waals surface area contributed by atoms with Gasteiger partial charge in [-0.15, -0.1) is 0 Å². The van der Waals surface area contributed by atoms with Crippen LogP contribution in [-0.4, -0.2) is 17.1 Å². The van der Waals surface area contributed by atoms with Crippen LogP contribution in [0.25, 0.3) is 16.3 Å². The molecule has 28 heavy (non-hydrogen) atoms. The molecule has 0 saturated carbocycles. The highest BCUT2D eigenvalue weighted by Gasteiger charge is 2.17. The smallest absolute Gasteiger partial charge is 0.273 e. The Hall–Kier alpha value is -3.58. The van der Waals surface area contributed by atoms with Gasteiger partial charge in [-0.25, -0.2) is 9.37 Å². The Bertz CT molecular complexity index is 1150. The zero-order valence-electron chi connectivity index (χ0n) is 14.5. The summed E-state index contributed by atoms with van der Waals surface area (Å²) in [5.41, 5.74) is 1.48. The average molecular weight is 391 g/mol. The number of amides is 1. The molecule has 138 valence electrons. The summed E-state index contributed by atoms with van der Waals surface area (Å²) in [6, 6.07) is 17.2. The number of halogens is 1. The molecule has 4 aromatic rings. The summed E-state index contributed by atoms with van der Waals surface area (Å²) in [7, 11) is 0. The molecule has 0 aliphatic carbocycles. The van der Waals surface area contributed by atoms with E-state index in [9.17, 15) is 9.18 Å². The van der Waals surface area contributed by atoms with Crippen molar-refractivity contribution in [2.24, 2.45) is 5.10 Å². The zero-order valence-corrected chi connectivity index (χ0v) is 15.3. The Kier molecular flexibility index (Phi) is 5.07. The fourth-order valence-corrected chi connectivity index (χ4v) is 3.41. The van der Waals surface area contributed by atoms with Crippen LogP contribution in [0.5, 0.6) is 0 Å². The minimum atomic E-state index is -0.383. The topological polar surface area (TPSA) is 58.7 Å². The second-order valence-electron chi connectivity index (χ2n) is 5.76. The standard InChI is InChI=1S/C21H14FN3O2S/c22-16-9-10-18-19(13-16)28-21(24-18)25(23-14-17-7-4-12-27-17)20(26)11-8-15-5-2-1-3-6-15/h1-14H/b11-8+,23-14-. The van der Waals surface area contributed by atoms with E-state index in [2.05, 4.69) is 10.1 Å². The first kappa shape index (κ1) is 17.8. The van der Waals surface area contributed by atoms with E-state index in [1.54, 1.807) is 24.3 Å². The number of rotatable bonds is 5. The van der Waals surface area contributed by atoms with Crippen molar-refractivity contribution in [1.29, 1.82) is 0 Å². The van der Waals surface area contributed by atoms with Gasteiger partial charge in [-0.1, -0.05) is 41.7 Å². The maximum Gasteiger partial charge on any atom is 0.273 e. The molecule has 2 aromatic carbocycles. The van der Waals surface area contributed by atoms with Crippen LogP contribution >= 0.6 is 11.3 Å².